The summed E-state index contributed by atoms with van der Waals surface area (Å²) in [5.41, 5.74) is 7.81. The first-order valence-corrected chi connectivity index (χ1v) is 8.50. The van der Waals surface area contributed by atoms with E-state index >= 15 is 0 Å². The normalized spacial score (nSPS) is 11.9. The molecular weight excluding hydrogens is 252 g/mol. The summed E-state index contributed by atoms with van der Waals surface area (Å²) < 4.78 is 0. The average molecular weight is 282 g/mol. The van der Waals surface area contributed by atoms with Crippen LogP contribution in [-0.4, -0.2) is 0 Å². The number of rotatable bonds is 4. The number of hydrogen-bond donors (Lipinski definition) is 0. The van der Waals surface area contributed by atoms with Crippen LogP contribution in [0.5, 0.6) is 0 Å². The van der Waals surface area contributed by atoms with E-state index in [1.54, 1.807) is 22.3 Å². The van der Waals surface area contributed by atoms with Crippen molar-refractivity contribution in [2.75, 3.05) is 0 Å². The molecule has 0 N–H and O–H groups in total. The summed E-state index contributed by atoms with van der Waals surface area (Å²) in [7, 11) is 0. The van der Waals surface area contributed by atoms with Gasteiger partial charge in [0, 0.05) is 0 Å². The predicted molar refractivity (Wildman–Crippen MR) is 95.6 cm³/mol. The van der Waals surface area contributed by atoms with Crippen molar-refractivity contribution in [1.82, 2.24) is 0 Å². The van der Waals surface area contributed by atoms with Crippen LogP contribution in [0.4, 0.5) is 0 Å². The van der Waals surface area contributed by atoms with Crippen LogP contribution in [-0.2, 0) is 12.8 Å². The molecule has 0 saturated carbocycles. The predicted octanol–water partition coefficient (Wildman–Crippen LogP) is 6.52. The minimum absolute atomic E-state index is 0.572. The molecule has 0 heteroatoms. The average Bonchev–Trinajstić information content (AvgIpc) is 2.44. The second-order valence-electron chi connectivity index (χ2n) is 6.80. The van der Waals surface area contributed by atoms with E-state index in [9.17, 15) is 0 Å². The highest BCUT2D eigenvalue weighted by Gasteiger charge is 2.21. The minimum atomic E-state index is 0.572. The Morgan fingerprint density at radius 1 is 0.810 bits per heavy atom. The molecule has 21 heavy (non-hydrogen) atoms. The highest BCUT2D eigenvalue weighted by Crippen LogP contribution is 2.40. The molecule has 0 atom stereocenters. The van der Waals surface area contributed by atoms with Gasteiger partial charge in [0.05, 0.1) is 0 Å². The molecule has 0 spiro atoms. The van der Waals surface area contributed by atoms with Crippen LogP contribution < -0.4 is 0 Å². The summed E-state index contributed by atoms with van der Waals surface area (Å²) in [5, 5.41) is 3.01. The molecule has 0 radical (unpaired) electrons. The van der Waals surface area contributed by atoms with Crippen LogP contribution in [0.25, 0.3) is 10.8 Å². The Labute approximate surface area is 130 Å². The molecule has 114 valence electrons. The topological polar surface area (TPSA) is 0 Å². The first kappa shape index (κ1) is 16.1. The lowest BCUT2D eigenvalue weighted by Gasteiger charge is -2.26. The third-order valence-corrected chi connectivity index (χ3v) is 4.71. The minimum Gasteiger partial charge on any atom is -0.0614 e. The van der Waals surface area contributed by atoms with Crippen molar-refractivity contribution < 1.29 is 0 Å². The van der Waals surface area contributed by atoms with E-state index in [1.807, 2.05) is 0 Å². The van der Waals surface area contributed by atoms with Crippen molar-refractivity contribution in [1.29, 1.82) is 0 Å². The van der Waals surface area contributed by atoms with E-state index < -0.39 is 0 Å². The van der Waals surface area contributed by atoms with Crippen LogP contribution in [0.3, 0.4) is 0 Å². The third-order valence-electron chi connectivity index (χ3n) is 4.71. The molecular formula is C21H30. The van der Waals surface area contributed by atoms with E-state index in [2.05, 4.69) is 66.7 Å². The number of hydrogen-bond acceptors (Lipinski definition) is 0. The fourth-order valence-corrected chi connectivity index (χ4v) is 3.99. The van der Waals surface area contributed by atoms with E-state index in [1.165, 1.54) is 16.3 Å². The molecule has 0 saturated heterocycles. The molecule has 0 nitrogen and oxygen atoms in total. The molecule has 0 aliphatic heterocycles. The molecule has 0 aliphatic carbocycles. The van der Waals surface area contributed by atoms with Crippen LogP contribution in [0.15, 0.2) is 18.2 Å². The Bertz CT molecular complexity index is 645. The van der Waals surface area contributed by atoms with E-state index in [4.69, 9.17) is 0 Å². The summed E-state index contributed by atoms with van der Waals surface area (Å²) in [6.07, 6.45) is 2.27. The van der Waals surface area contributed by atoms with Crippen molar-refractivity contribution in [3.63, 3.8) is 0 Å². The molecule has 2 aromatic rings. The van der Waals surface area contributed by atoms with Crippen LogP contribution in [0, 0.1) is 6.92 Å². The van der Waals surface area contributed by atoms with E-state index in [0.29, 0.717) is 11.8 Å². The number of aryl methyl sites for hydroxylation is 2. The van der Waals surface area contributed by atoms with Gasteiger partial charge in [-0.2, -0.15) is 0 Å². The largest absolute Gasteiger partial charge is 0.0614 e. The molecule has 0 aromatic heterocycles. The summed E-state index contributed by atoms with van der Waals surface area (Å²) in [4.78, 5) is 0. The van der Waals surface area contributed by atoms with Gasteiger partial charge >= 0.3 is 0 Å². The van der Waals surface area contributed by atoms with Crippen molar-refractivity contribution in [3.8, 4) is 0 Å². The van der Waals surface area contributed by atoms with Gasteiger partial charge in [0.15, 0.2) is 0 Å². The Balaban J connectivity index is 3.09. The fourth-order valence-electron chi connectivity index (χ4n) is 3.99. The van der Waals surface area contributed by atoms with Crippen molar-refractivity contribution in [2.24, 2.45) is 0 Å². The number of fused-ring (bicyclic) bond motifs is 1. The van der Waals surface area contributed by atoms with Gasteiger partial charge in [-0.25, -0.2) is 0 Å². The van der Waals surface area contributed by atoms with Gasteiger partial charge in [-0.3, -0.25) is 0 Å². The molecule has 2 aromatic carbocycles. The molecule has 0 heterocycles. The third kappa shape index (κ3) is 2.61. The van der Waals surface area contributed by atoms with Crippen LogP contribution in [0.2, 0.25) is 0 Å². The first-order valence-electron chi connectivity index (χ1n) is 8.50. The van der Waals surface area contributed by atoms with E-state index in [-0.39, 0.29) is 0 Å². The molecule has 0 bridgehead atoms. The van der Waals surface area contributed by atoms with Gasteiger partial charge < -0.3 is 0 Å². The standard InChI is InChI=1S/C21H30/c1-8-16-17(9-2)21-15(7)11-10-12-18(21)20(14(5)6)19(16)13(3)4/h10-14H,8-9H2,1-7H3. The lowest BCUT2D eigenvalue weighted by molar-refractivity contribution is 0.778. The van der Waals surface area contributed by atoms with E-state index in [0.717, 1.165) is 12.8 Å². The zero-order chi connectivity index (χ0) is 15.7. The van der Waals surface area contributed by atoms with Crippen LogP contribution >= 0.6 is 0 Å². The lowest BCUT2D eigenvalue weighted by atomic mass is 9.78. The molecule has 0 unspecified atom stereocenters. The maximum Gasteiger partial charge on any atom is -0.0117 e. The number of benzene rings is 2. The summed E-state index contributed by atoms with van der Waals surface area (Å²) in [6.45, 7) is 16.3. The Morgan fingerprint density at radius 2 is 1.38 bits per heavy atom. The van der Waals surface area contributed by atoms with Crippen molar-refractivity contribution >= 4 is 10.8 Å². The molecule has 2 rings (SSSR count). The SMILES string of the molecule is CCc1c(C(C)C)c(C(C)C)c2cccc(C)c2c1CC. The Morgan fingerprint density at radius 3 is 1.86 bits per heavy atom. The van der Waals surface area contributed by atoms with Crippen LogP contribution in [0.1, 0.15) is 81.2 Å². The van der Waals surface area contributed by atoms with Gasteiger partial charge in [0.1, 0.15) is 0 Å². The smallest absolute Gasteiger partial charge is 0.0117 e. The van der Waals surface area contributed by atoms with Gasteiger partial charge in [0.2, 0.25) is 0 Å². The van der Waals surface area contributed by atoms with Gasteiger partial charge in [-0.1, -0.05) is 59.7 Å². The highest BCUT2D eigenvalue weighted by atomic mass is 14.3. The molecule has 0 aliphatic rings. The van der Waals surface area contributed by atoms with Gasteiger partial charge in [-0.15, -0.1) is 0 Å². The zero-order valence-corrected chi connectivity index (χ0v) is 14.8. The van der Waals surface area contributed by atoms with Crippen molar-refractivity contribution in [2.45, 2.75) is 73.1 Å². The maximum atomic E-state index is 2.35. The first-order chi connectivity index (χ1) is 9.93. The quantitative estimate of drug-likeness (QED) is 0.599. The Kier molecular flexibility index (Phi) is 4.76. The molecule has 0 fully saturated rings. The lowest BCUT2D eigenvalue weighted by Crippen LogP contribution is -2.09. The van der Waals surface area contributed by atoms with Crippen molar-refractivity contribution in [3.05, 3.63) is 46.0 Å². The monoisotopic (exact) mass is 282 g/mol. The van der Waals surface area contributed by atoms with Gasteiger partial charge in [-0.05, 0) is 70.2 Å². The summed E-state index contributed by atoms with van der Waals surface area (Å²) >= 11 is 0. The second kappa shape index (κ2) is 6.22. The van der Waals surface area contributed by atoms with Gasteiger partial charge in [0.25, 0.3) is 0 Å². The highest BCUT2D eigenvalue weighted by molar-refractivity contribution is 5.94. The second-order valence-corrected chi connectivity index (χ2v) is 6.80. The maximum absolute atomic E-state index is 2.35. The zero-order valence-electron chi connectivity index (χ0n) is 14.8. The fraction of sp³-hybridized carbons (Fsp3) is 0.524. The summed E-state index contributed by atoms with van der Waals surface area (Å²) in [5.74, 6) is 1.16. The Hall–Kier alpha value is -1.30. The summed E-state index contributed by atoms with van der Waals surface area (Å²) in [6, 6.07) is 6.82. The molecule has 0 amide bonds.